The van der Waals surface area contributed by atoms with Crippen LogP contribution in [0.25, 0.3) is 0 Å². The van der Waals surface area contributed by atoms with Crippen LogP contribution in [0.1, 0.15) is 110 Å². The molecule has 3 aromatic carbocycles. The van der Waals surface area contributed by atoms with Crippen molar-refractivity contribution >= 4 is 23.2 Å². The molecule has 0 aromatic heterocycles. The van der Waals surface area contributed by atoms with Crippen molar-refractivity contribution in [3.63, 3.8) is 0 Å². The van der Waals surface area contributed by atoms with E-state index in [-0.39, 0.29) is 10.5 Å². The Morgan fingerprint density at radius 2 is 1.34 bits per heavy atom. The van der Waals surface area contributed by atoms with Gasteiger partial charge in [0.1, 0.15) is 0 Å². The number of piperidine rings is 2. The van der Waals surface area contributed by atoms with Gasteiger partial charge in [0.05, 0.1) is 16.4 Å². The summed E-state index contributed by atoms with van der Waals surface area (Å²) >= 11 is 0. The predicted octanol–water partition coefficient (Wildman–Crippen LogP) is 6.28. The highest BCUT2D eigenvalue weighted by molar-refractivity contribution is 5.94. The molecule has 0 spiro atoms. The molecule has 5 rings (SSSR count). The summed E-state index contributed by atoms with van der Waals surface area (Å²) in [6.07, 6.45) is -24.7. The summed E-state index contributed by atoms with van der Waals surface area (Å²) in [4.78, 5) is 26.1. The Balaban J connectivity index is 0.000000346. The Labute approximate surface area is 299 Å². The molecule has 2 aliphatic heterocycles. The average Bonchev–Trinajstić information content (AvgIpc) is 3.30. The molecule has 6 nitrogen and oxygen atoms in total. The first-order chi connectivity index (χ1) is 34.8. The zero-order valence-corrected chi connectivity index (χ0v) is 20.8. The molecule has 0 bridgehead atoms. The molecule has 0 atom stereocenters. The molecule has 2 aliphatic rings. The topological polar surface area (TPSA) is 55.9 Å². The molecule has 0 aliphatic carbocycles. The number of benzene rings is 3. The van der Waals surface area contributed by atoms with E-state index in [0.29, 0.717) is 0 Å². The molecule has 3 aromatic rings. The van der Waals surface area contributed by atoms with Crippen LogP contribution in [0.5, 0.6) is 0 Å². The molecule has 1 N–H and O–H groups in total. The maximum Gasteiger partial charge on any atom is 0.226 e. The Morgan fingerprint density at radius 3 is 1.83 bits per heavy atom. The summed E-state index contributed by atoms with van der Waals surface area (Å²) in [6, 6.07) is -14.0. The molecular formula is C35H46N4O2. The fourth-order valence-electron chi connectivity index (χ4n) is 3.06. The van der Waals surface area contributed by atoms with Gasteiger partial charge in [0.2, 0.25) is 11.8 Å². The number of nitrogens with one attached hydrogen (secondary N) is 1. The van der Waals surface area contributed by atoms with E-state index in [4.69, 9.17) is 52.1 Å². The minimum Gasteiger partial charge on any atom is -0.317 e. The lowest BCUT2D eigenvalue weighted by atomic mass is 10.0. The van der Waals surface area contributed by atoms with Gasteiger partial charge in [-0.3, -0.25) is 14.5 Å². The number of hydrogen-bond donors (Lipinski definition) is 1. The SMILES string of the molecule is [2H]c1c([2H])c([2H])c(N(C(=O)C([2H])([2H])C([2H])([2H])[2H])C2([2H])C([2H])([2H])C([2H])([2H])N(Cc3ccccc3)C([2H])([2H])C2([2H])[2H])c([2H])c1[2H].[2H]c1c([2H])c([2H])c(N(C(=O)C([2H])([2H])C([2H])([2H])[2H])C2([2H])C([2H])([2H])C([2H])([2H])NC([2H])([2H])C2([2H])[2H])c([2H])c1[2H]. The molecular weight excluding hydrogens is 508 g/mol. The van der Waals surface area contributed by atoms with Gasteiger partial charge < -0.3 is 15.1 Å². The number of para-hydroxylation sites is 2. The van der Waals surface area contributed by atoms with Gasteiger partial charge in [-0.05, 0) is 68.2 Å². The number of amides is 2. The number of carbonyl (C=O) groups is 2. The van der Waals surface area contributed by atoms with E-state index in [1.807, 2.05) is 0 Å². The Bertz CT molecular complexity index is 2790. The van der Waals surface area contributed by atoms with E-state index >= 15 is 0 Å². The third-order valence-corrected chi connectivity index (χ3v) is 4.78. The van der Waals surface area contributed by atoms with Crippen LogP contribution in [0.15, 0.2) is 90.8 Å². The molecule has 0 unspecified atom stereocenters. The number of anilines is 2. The standard InChI is InChI=1S/C21H26N2O.C14H20N2O/c1-2-21(24)23(19-11-7-4-8-12-19)20-13-15-22(16-14-20)17-18-9-5-3-6-10-18;1-2-14(17)16(12-6-4-3-5-7-12)13-8-10-15-11-9-13/h3-12,20H,2,13-17H2,1H3;3-7,13,15H,2,8-11H2,1H3/i1D3,2D2,4D,7D,8D,11D,12D,13D2,14D2,15D2,16D2,20D;1D3,2D2,3D,4D,5D,6D,7D,8D2,9D2,10D2,11D2,13D. The van der Waals surface area contributed by atoms with Crippen molar-refractivity contribution in [1.29, 1.82) is 0 Å². The van der Waals surface area contributed by atoms with Gasteiger partial charge in [0, 0.05) is 91.3 Å². The van der Waals surface area contributed by atoms with Crippen molar-refractivity contribution in [3.8, 4) is 0 Å². The largest absolute Gasteiger partial charge is 0.317 e. The van der Waals surface area contributed by atoms with Crippen LogP contribution in [0.2, 0.25) is 0 Å². The van der Waals surface area contributed by atoms with Gasteiger partial charge in [-0.1, -0.05) is 80.3 Å². The predicted molar refractivity (Wildman–Crippen MR) is 169 cm³/mol. The van der Waals surface area contributed by atoms with E-state index in [1.54, 1.807) is 6.07 Å². The highest BCUT2D eigenvalue weighted by atomic mass is 16.2. The lowest BCUT2D eigenvalue weighted by molar-refractivity contribution is -0.119. The number of nitrogens with zero attached hydrogens (tertiary/aromatic N) is 3. The fourth-order valence-corrected chi connectivity index (χ4v) is 3.06. The van der Waals surface area contributed by atoms with E-state index in [2.05, 4.69) is 0 Å². The van der Waals surface area contributed by atoms with Crippen molar-refractivity contribution < 1.29 is 61.7 Å². The maximum absolute atomic E-state index is 13.8. The second-order valence-electron chi connectivity index (χ2n) is 7.35. The van der Waals surface area contributed by atoms with E-state index in [0.717, 1.165) is 0 Å². The molecule has 0 saturated carbocycles. The number of hydrogen-bond acceptors (Lipinski definition) is 4. The molecule has 2 fully saturated rings. The summed E-state index contributed by atoms with van der Waals surface area (Å²) < 4.78 is 309. The fraction of sp³-hybridized carbons (Fsp3) is 0.429. The summed E-state index contributed by atoms with van der Waals surface area (Å²) in [7, 11) is 0. The zero-order chi connectivity index (χ0) is 62.3. The van der Waals surface area contributed by atoms with Crippen LogP contribution in [-0.4, -0.2) is 54.7 Å². The van der Waals surface area contributed by atoms with Crippen LogP contribution in [-0.2, 0) is 16.1 Å². The smallest absolute Gasteiger partial charge is 0.226 e. The van der Waals surface area contributed by atoms with Crippen LogP contribution in [0.4, 0.5) is 11.4 Å². The van der Waals surface area contributed by atoms with Crippen molar-refractivity contribution in [2.24, 2.45) is 0 Å². The molecule has 0 radical (unpaired) electrons. The number of likely N-dealkylation sites (tertiary alicyclic amines) is 1. The Hall–Kier alpha value is -3.48. The van der Waals surface area contributed by atoms with Crippen molar-refractivity contribution in [2.75, 3.05) is 35.8 Å². The van der Waals surface area contributed by atoms with E-state index in [1.165, 1.54) is 29.6 Å². The maximum atomic E-state index is 13.8. The van der Waals surface area contributed by atoms with Gasteiger partial charge >= 0.3 is 0 Å². The van der Waals surface area contributed by atoms with Gasteiger partial charge in [0.25, 0.3) is 0 Å². The quantitative estimate of drug-likeness (QED) is 0.335. The zero-order valence-electron chi connectivity index (χ0n) is 58.8. The highest BCUT2D eigenvalue weighted by Gasteiger charge is 2.28. The summed E-state index contributed by atoms with van der Waals surface area (Å²) in [6.45, 7) is -23.5. The average molecular weight is 593 g/mol. The molecule has 2 heterocycles. The summed E-state index contributed by atoms with van der Waals surface area (Å²) in [5, 5.41) is 1.40. The minimum atomic E-state index is -4.36. The monoisotopic (exact) mass is 593 g/mol. The van der Waals surface area contributed by atoms with E-state index in [9.17, 15) is 9.59 Å². The van der Waals surface area contributed by atoms with Crippen LogP contribution >= 0.6 is 0 Å². The van der Waals surface area contributed by atoms with Crippen molar-refractivity contribution in [1.82, 2.24) is 10.2 Å². The second-order valence-corrected chi connectivity index (χ2v) is 7.35. The third kappa shape index (κ3) is 8.75. The second kappa shape index (κ2) is 16.1. The third-order valence-electron chi connectivity index (χ3n) is 4.78. The molecule has 6 heteroatoms. The van der Waals surface area contributed by atoms with Crippen molar-refractivity contribution in [3.05, 3.63) is 96.3 Å². The first-order valence-electron chi connectivity index (χ1n) is 30.3. The van der Waals surface area contributed by atoms with Gasteiger partial charge in [-0.2, -0.15) is 0 Å². The molecule has 2 amide bonds. The van der Waals surface area contributed by atoms with Gasteiger partial charge in [-0.25, -0.2) is 0 Å². The highest BCUT2D eigenvalue weighted by Crippen LogP contribution is 2.25. The van der Waals surface area contributed by atoms with Gasteiger partial charge in [-0.15, -0.1) is 0 Å². The van der Waals surface area contributed by atoms with Crippen LogP contribution < -0.4 is 15.1 Å². The first kappa shape index (κ1) is 8.12. The minimum absolute atomic E-state index is 0.116. The van der Waals surface area contributed by atoms with E-state index < -0.39 is 190 Å². The Kier molecular flexibility index (Phi) is 3.18. The Morgan fingerprint density at radius 1 is 0.854 bits per heavy atom. The van der Waals surface area contributed by atoms with Crippen LogP contribution in [0, 0.1) is 0 Å². The summed E-state index contributed by atoms with van der Waals surface area (Å²) in [5.41, 5.74) is -2.91. The normalized spacial score (nSPS) is 42.5. The first-order valence-corrected chi connectivity index (χ1v) is 11.3. The van der Waals surface area contributed by atoms with Crippen LogP contribution in [0.3, 0.4) is 0 Å². The lowest BCUT2D eigenvalue weighted by Gasteiger charge is -2.38. The lowest BCUT2D eigenvalue weighted by Crippen LogP contribution is -2.47. The summed E-state index contributed by atoms with van der Waals surface area (Å²) in [5.74, 6) is -4.98. The van der Waals surface area contributed by atoms with Crippen molar-refractivity contribution in [2.45, 2.75) is 70.5 Å². The molecule has 41 heavy (non-hydrogen) atoms. The molecule has 218 valence electrons. The number of carbonyl (C=O) groups excluding carboxylic acids is 2. The van der Waals surface area contributed by atoms with Gasteiger partial charge in [0.15, 0.2) is 0 Å². The molecule has 2 saturated heterocycles. The number of rotatable bonds is 8.